The summed E-state index contributed by atoms with van der Waals surface area (Å²) in [4.78, 5) is 13.7. The first-order chi connectivity index (χ1) is 5.70. The molecule has 0 aliphatic rings. The van der Waals surface area contributed by atoms with Crippen LogP contribution in [0.3, 0.4) is 0 Å². The molecule has 0 amide bonds. The molecule has 0 fully saturated rings. The number of aromatic amines is 1. The second kappa shape index (κ2) is 2.10. The minimum atomic E-state index is -0.212. The molecule has 2 aromatic rings. The highest BCUT2D eigenvalue weighted by Crippen LogP contribution is 2.12. The standard InChI is InChI=1S/C7H8N4O/c1-4-2-5(8)6-7(12)9-3-10-11(4)6/h2-3H,8H2,1H3,(H,9,10,12). The van der Waals surface area contributed by atoms with Crippen molar-refractivity contribution in [2.24, 2.45) is 0 Å². The number of nitrogens with one attached hydrogen (secondary N) is 1. The van der Waals surface area contributed by atoms with E-state index in [9.17, 15) is 4.79 Å². The highest BCUT2D eigenvalue weighted by atomic mass is 16.1. The van der Waals surface area contributed by atoms with E-state index >= 15 is 0 Å². The molecule has 0 aliphatic heterocycles. The van der Waals surface area contributed by atoms with Crippen LogP contribution in [0.5, 0.6) is 0 Å². The quantitative estimate of drug-likeness (QED) is 0.571. The Morgan fingerprint density at radius 2 is 2.42 bits per heavy atom. The lowest BCUT2D eigenvalue weighted by molar-refractivity contribution is 0.860. The topological polar surface area (TPSA) is 76.2 Å². The molecule has 0 saturated heterocycles. The van der Waals surface area contributed by atoms with Gasteiger partial charge in [0.15, 0.2) is 5.52 Å². The van der Waals surface area contributed by atoms with Crippen molar-refractivity contribution in [1.82, 2.24) is 14.6 Å². The molecule has 0 unspecified atom stereocenters. The molecule has 2 rings (SSSR count). The summed E-state index contributed by atoms with van der Waals surface area (Å²) in [6.07, 6.45) is 1.35. The van der Waals surface area contributed by atoms with Gasteiger partial charge in [-0.2, -0.15) is 5.10 Å². The molecule has 0 aliphatic carbocycles. The maximum atomic E-state index is 11.2. The van der Waals surface area contributed by atoms with Gasteiger partial charge < -0.3 is 10.7 Å². The van der Waals surface area contributed by atoms with E-state index in [2.05, 4.69) is 10.1 Å². The summed E-state index contributed by atoms with van der Waals surface area (Å²) >= 11 is 0. The zero-order chi connectivity index (χ0) is 8.72. The number of nitrogen functional groups attached to an aromatic ring is 1. The van der Waals surface area contributed by atoms with Gasteiger partial charge in [-0.05, 0) is 13.0 Å². The fourth-order valence-electron chi connectivity index (χ4n) is 1.24. The summed E-state index contributed by atoms with van der Waals surface area (Å²) in [7, 11) is 0. The monoisotopic (exact) mass is 164 g/mol. The molecular weight excluding hydrogens is 156 g/mol. The summed E-state index contributed by atoms with van der Waals surface area (Å²) in [6.45, 7) is 1.84. The third-order valence-electron chi connectivity index (χ3n) is 1.77. The summed E-state index contributed by atoms with van der Waals surface area (Å²) in [5.74, 6) is 0. The van der Waals surface area contributed by atoms with Gasteiger partial charge >= 0.3 is 0 Å². The van der Waals surface area contributed by atoms with Crippen LogP contribution in [-0.4, -0.2) is 14.6 Å². The first-order valence-corrected chi connectivity index (χ1v) is 3.51. The molecule has 0 radical (unpaired) electrons. The molecule has 0 aromatic carbocycles. The van der Waals surface area contributed by atoms with Crippen LogP contribution in [0, 0.1) is 6.92 Å². The van der Waals surface area contributed by atoms with Crippen molar-refractivity contribution in [1.29, 1.82) is 0 Å². The molecule has 12 heavy (non-hydrogen) atoms. The van der Waals surface area contributed by atoms with Crippen molar-refractivity contribution in [3.8, 4) is 0 Å². The van der Waals surface area contributed by atoms with E-state index in [0.717, 1.165) is 5.69 Å². The predicted molar refractivity (Wildman–Crippen MR) is 45.0 cm³/mol. The molecule has 3 N–H and O–H groups in total. The number of nitrogens with zero attached hydrogens (tertiary/aromatic N) is 2. The average Bonchev–Trinajstić information content (AvgIpc) is 2.29. The van der Waals surface area contributed by atoms with Gasteiger partial charge in [-0.15, -0.1) is 0 Å². The fraction of sp³-hybridized carbons (Fsp3) is 0.143. The van der Waals surface area contributed by atoms with Gasteiger partial charge in [-0.3, -0.25) is 4.79 Å². The van der Waals surface area contributed by atoms with Crippen LogP contribution >= 0.6 is 0 Å². The van der Waals surface area contributed by atoms with Crippen molar-refractivity contribution >= 4 is 11.2 Å². The van der Waals surface area contributed by atoms with Crippen LogP contribution in [0.15, 0.2) is 17.2 Å². The molecule has 2 heterocycles. The average molecular weight is 164 g/mol. The summed E-state index contributed by atoms with van der Waals surface area (Å²) < 4.78 is 1.52. The zero-order valence-corrected chi connectivity index (χ0v) is 6.53. The number of H-pyrrole nitrogens is 1. The zero-order valence-electron chi connectivity index (χ0n) is 6.53. The fourth-order valence-corrected chi connectivity index (χ4v) is 1.24. The van der Waals surface area contributed by atoms with Gasteiger partial charge in [-0.25, -0.2) is 4.52 Å². The number of aromatic nitrogens is 3. The SMILES string of the molecule is Cc1cc(N)c2c(=O)[nH]cnn12. The van der Waals surface area contributed by atoms with Crippen LogP contribution < -0.4 is 11.3 Å². The third kappa shape index (κ3) is 0.730. The minimum absolute atomic E-state index is 0.212. The van der Waals surface area contributed by atoms with Crippen LogP contribution in [0.2, 0.25) is 0 Å². The van der Waals surface area contributed by atoms with E-state index in [-0.39, 0.29) is 5.56 Å². The van der Waals surface area contributed by atoms with Gasteiger partial charge in [0.05, 0.1) is 5.69 Å². The number of nitrogens with two attached hydrogens (primary N) is 1. The summed E-state index contributed by atoms with van der Waals surface area (Å²) in [5.41, 5.74) is 7.11. The molecule has 0 saturated carbocycles. The highest BCUT2D eigenvalue weighted by molar-refractivity contribution is 5.69. The highest BCUT2D eigenvalue weighted by Gasteiger charge is 2.06. The lowest BCUT2D eigenvalue weighted by Crippen LogP contribution is -2.11. The van der Waals surface area contributed by atoms with E-state index in [0.29, 0.717) is 11.2 Å². The molecule has 0 bridgehead atoms. The third-order valence-corrected chi connectivity index (χ3v) is 1.77. The van der Waals surface area contributed by atoms with Crippen LogP contribution in [0.4, 0.5) is 5.69 Å². The van der Waals surface area contributed by atoms with E-state index in [4.69, 9.17) is 5.73 Å². The van der Waals surface area contributed by atoms with Crippen LogP contribution in [0.1, 0.15) is 5.69 Å². The smallest absolute Gasteiger partial charge is 0.277 e. The van der Waals surface area contributed by atoms with Gasteiger partial charge in [0.1, 0.15) is 6.33 Å². The van der Waals surface area contributed by atoms with Crippen molar-refractivity contribution < 1.29 is 0 Å². The normalized spacial score (nSPS) is 10.8. The number of fused-ring (bicyclic) bond motifs is 1. The number of aryl methyl sites for hydroxylation is 1. The first kappa shape index (κ1) is 6.90. The Balaban J connectivity index is 3.09. The molecule has 2 aromatic heterocycles. The minimum Gasteiger partial charge on any atom is -0.397 e. The van der Waals surface area contributed by atoms with Crippen molar-refractivity contribution in [2.45, 2.75) is 6.92 Å². The van der Waals surface area contributed by atoms with E-state index < -0.39 is 0 Å². The lowest BCUT2D eigenvalue weighted by Gasteiger charge is -1.93. The van der Waals surface area contributed by atoms with Gasteiger partial charge in [-0.1, -0.05) is 0 Å². The van der Waals surface area contributed by atoms with Gasteiger partial charge in [0.25, 0.3) is 5.56 Å². The second-order valence-corrected chi connectivity index (χ2v) is 2.62. The number of anilines is 1. The number of hydrogen-bond acceptors (Lipinski definition) is 3. The molecule has 5 nitrogen and oxygen atoms in total. The van der Waals surface area contributed by atoms with Crippen molar-refractivity contribution in [2.75, 3.05) is 5.73 Å². The summed E-state index contributed by atoms with van der Waals surface area (Å²) in [6, 6.07) is 1.72. The number of rotatable bonds is 0. The molecule has 5 heteroatoms. The maximum Gasteiger partial charge on any atom is 0.277 e. The Kier molecular flexibility index (Phi) is 1.21. The maximum absolute atomic E-state index is 11.2. The van der Waals surface area contributed by atoms with E-state index in [1.54, 1.807) is 6.07 Å². The predicted octanol–water partition coefficient (Wildman–Crippen LogP) is -0.0868. The number of hydrogen-bond donors (Lipinski definition) is 2. The molecule has 0 atom stereocenters. The Morgan fingerprint density at radius 1 is 1.67 bits per heavy atom. The van der Waals surface area contributed by atoms with Crippen molar-refractivity contribution in [3.05, 3.63) is 28.4 Å². The molecular formula is C7H8N4O. The van der Waals surface area contributed by atoms with E-state index in [1.165, 1.54) is 10.8 Å². The Hall–Kier alpha value is -1.78. The Labute approximate surface area is 67.8 Å². The van der Waals surface area contributed by atoms with E-state index in [1.807, 2.05) is 6.92 Å². The van der Waals surface area contributed by atoms with Crippen LogP contribution in [-0.2, 0) is 0 Å². The Bertz CT molecular complexity index is 482. The van der Waals surface area contributed by atoms with Gasteiger partial charge in [0.2, 0.25) is 0 Å². The Morgan fingerprint density at radius 3 is 3.08 bits per heavy atom. The summed E-state index contributed by atoms with van der Waals surface area (Å²) in [5, 5.41) is 3.94. The molecule has 0 spiro atoms. The van der Waals surface area contributed by atoms with Crippen molar-refractivity contribution in [3.63, 3.8) is 0 Å². The molecule has 62 valence electrons. The van der Waals surface area contributed by atoms with Crippen LogP contribution in [0.25, 0.3) is 5.52 Å². The largest absolute Gasteiger partial charge is 0.397 e. The van der Waals surface area contributed by atoms with Gasteiger partial charge in [0, 0.05) is 5.69 Å². The first-order valence-electron chi connectivity index (χ1n) is 3.51. The second-order valence-electron chi connectivity index (χ2n) is 2.62. The lowest BCUT2D eigenvalue weighted by atomic mass is 10.4.